The van der Waals surface area contributed by atoms with Crippen molar-refractivity contribution in [1.29, 1.82) is 0 Å². The minimum atomic E-state index is -4.75. The molecule has 0 spiro atoms. The van der Waals surface area contributed by atoms with Gasteiger partial charge >= 0.3 is 12.4 Å². The van der Waals surface area contributed by atoms with Crippen LogP contribution in [0.3, 0.4) is 0 Å². The predicted molar refractivity (Wildman–Crippen MR) is 170 cm³/mol. The molecule has 46 heavy (non-hydrogen) atoms. The molecule has 1 unspecified atom stereocenters. The molecule has 13 heteroatoms. The lowest BCUT2D eigenvalue weighted by Gasteiger charge is -2.16. The van der Waals surface area contributed by atoms with Crippen LogP contribution in [0.25, 0.3) is 22.8 Å². The molecule has 1 N–H and O–H groups in total. The number of hydrogen-bond donors (Lipinski definition) is 1. The zero-order chi connectivity index (χ0) is 33.0. The molecule has 240 valence electrons. The predicted octanol–water partition coefficient (Wildman–Crippen LogP) is 7.54. The minimum absolute atomic E-state index is 0.000674. The summed E-state index contributed by atoms with van der Waals surface area (Å²) in [5, 5.41) is 9.35. The second-order valence-electron chi connectivity index (χ2n) is 10.9. The SMILES string of the molecule is COc1ccc(C(C)C)c(-n2c(C)cs/c2=N\C(=O)NCC(C)c2ccc(-c3ncn(-c4ccc(OC(F)(F)F)cc4)n3)cc2)c1. The molecule has 2 aromatic heterocycles. The summed E-state index contributed by atoms with van der Waals surface area (Å²) in [5.41, 5.74) is 5.32. The largest absolute Gasteiger partial charge is 0.573 e. The van der Waals surface area contributed by atoms with Gasteiger partial charge in [0, 0.05) is 29.2 Å². The lowest BCUT2D eigenvalue weighted by molar-refractivity contribution is -0.274. The summed E-state index contributed by atoms with van der Waals surface area (Å²) in [4.78, 5) is 22.2. The van der Waals surface area contributed by atoms with Crippen LogP contribution in [0.4, 0.5) is 18.0 Å². The van der Waals surface area contributed by atoms with E-state index in [-0.39, 0.29) is 17.6 Å². The number of nitrogens with zero attached hydrogens (tertiary/aromatic N) is 5. The van der Waals surface area contributed by atoms with Crippen LogP contribution >= 0.6 is 11.3 Å². The summed E-state index contributed by atoms with van der Waals surface area (Å²) in [7, 11) is 1.63. The normalized spacial score (nSPS) is 12.8. The van der Waals surface area contributed by atoms with Crippen molar-refractivity contribution in [2.75, 3.05) is 13.7 Å². The molecule has 3 aromatic carbocycles. The van der Waals surface area contributed by atoms with Crippen LogP contribution in [0.5, 0.6) is 11.5 Å². The van der Waals surface area contributed by atoms with Gasteiger partial charge < -0.3 is 14.8 Å². The molecule has 0 radical (unpaired) electrons. The number of amides is 2. The number of alkyl halides is 3. The van der Waals surface area contributed by atoms with Crippen molar-refractivity contribution >= 4 is 17.4 Å². The van der Waals surface area contributed by atoms with Crippen LogP contribution in [0, 0.1) is 6.92 Å². The number of carbonyl (C=O) groups excluding carboxylic acids is 1. The first-order chi connectivity index (χ1) is 21.9. The van der Waals surface area contributed by atoms with Crippen molar-refractivity contribution in [3.05, 3.63) is 100 Å². The Morgan fingerprint density at radius 1 is 1.02 bits per heavy atom. The molecular formula is C33H33F3N6O3S. The number of hydrogen-bond acceptors (Lipinski definition) is 6. The second kappa shape index (κ2) is 13.6. The zero-order valence-corrected chi connectivity index (χ0v) is 26.7. The number of aromatic nitrogens is 4. The highest BCUT2D eigenvalue weighted by atomic mass is 32.1. The third kappa shape index (κ3) is 7.65. The fraction of sp³-hybridized carbons (Fsp3) is 0.273. The summed E-state index contributed by atoms with van der Waals surface area (Å²) >= 11 is 1.40. The van der Waals surface area contributed by atoms with Gasteiger partial charge in [0.15, 0.2) is 10.6 Å². The quantitative estimate of drug-likeness (QED) is 0.178. The Morgan fingerprint density at radius 2 is 1.72 bits per heavy atom. The van der Waals surface area contributed by atoms with Crippen molar-refractivity contribution in [3.63, 3.8) is 0 Å². The van der Waals surface area contributed by atoms with E-state index in [1.54, 1.807) is 7.11 Å². The number of urea groups is 1. The van der Waals surface area contributed by atoms with Crippen LogP contribution in [0.1, 0.15) is 49.4 Å². The van der Waals surface area contributed by atoms with Gasteiger partial charge in [0.05, 0.1) is 18.5 Å². The van der Waals surface area contributed by atoms with Crippen molar-refractivity contribution < 1.29 is 27.4 Å². The van der Waals surface area contributed by atoms with E-state index in [1.807, 2.05) is 66.3 Å². The molecule has 0 fully saturated rings. The van der Waals surface area contributed by atoms with E-state index in [0.717, 1.165) is 33.8 Å². The smallest absolute Gasteiger partial charge is 0.497 e. The average Bonchev–Trinajstić information content (AvgIpc) is 3.66. The van der Waals surface area contributed by atoms with Crippen molar-refractivity contribution in [2.24, 2.45) is 4.99 Å². The van der Waals surface area contributed by atoms with Gasteiger partial charge in [-0.05, 0) is 60.2 Å². The lowest BCUT2D eigenvalue weighted by atomic mass is 10.00. The van der Waals surface area contributed by atoms with E-state index >= 15 is 0 Å². The zero-order valence-electron chi connectivity index (χ0n) is 25.9. The monoisotopic (exact) mass is 650 g/mol. The number of thiazole rings is 1. The molecule has 5 aromatic rings. The number of rotatable bonds is 9. The van der Waals surface area contributed by atoms with Crippen molar-refractivity contribution in [2.45, 2.75) is 45.9 Å². The maximum Gasteiger partial charge on any atom is 0.573 e. The Balaban J connectivity index is 1.24. The summed E-state index contributed by atoms with van der Waals surface area (Å²) < 4.78 is 50.1. The Hall–Kier alpha value is -4.91. The maximum atomic E-state index is 12.9. The van der Waals surface area contributed by atoms with Gasteiger partial charge in [-0.15, -0.1) is 29.6 Å². The van der Waals surface area contributed by atoms with Gasteiger partial charge in [0.2, 0.25) is 0 Å². The van der Waals surface area contributed by atoms with E-state index in [9.17, 15) is 18.0 Å². The van der Waals surface area contributed by atoms with Gasteiger partial charge in [-0.25, -0.2) is 14.5 Å². The fourth-order valence-corrected chi connectivity index (χ4v) is 5.73. The summed E-state index contributed by atoms with van der Waals surface area (Å²) in [6, 6.07) is 18.5. The van der Waals surface area contributed by atoms with Crippen LogP contribution < -0.4 is 19.6 Å². The summed E-state index contributed by atoms with van der Waals surface area (Å²) in [5.74, 6) is 1.13. The molecule has 0 aliphatic heterocycles. The van der Waals surface area contributed by atoms with Gasteiger partial charge in [0.1, 0.15) is 17.8 Å². The summed E-state index contributed by atoms with van der Waals surface area (Å²) in [6.07, 6.45) is -3.27. The van der Waals surface area contributed by atoms with Crippen molar-refractivity contribution in [1.82, 2.24) is 24.6 Å². The topological polar surface area (TPSA) is 95.6 Å². The number of aryl methyl sites for hydroxylation is 1. The molecular weight excluding hydrogens is 617 g/mol. The third-order valence-electron chi connectivity index (χ3n) is 7.30. The van der Waals surface area contributed by atoms with Crippen LogP contribution in [-0.2, 0) is 0 Å². The second-order valence-corrected chi connectivity index (χ2v) is 11.8. The van der Waals surface area contributed by atoms with Gasteiger partial charge in [0.25, 0.3) is 0 Å². The standard InChI is InChI=1S/C33H33F3N6O3S/c1-20(2)28-15-14-27(44-5)16-29(28)42-22(4)18-46-32(42)39-31(43)37-17-21(3)23-6-8-24(9-7-23)30-38-19-41(40-30)25-10-12-26(13-11-25)45-33(34,35)36/h6-16,18-21H,17H2,1-5H3,(H,37,43)/b39-32-. The van der Waals surface area contributed by atoms with Crippen LogP contribution in [0.15, 0.2) is 83.4 Å². The number of nitrogens with one attached hydrogen (secondary N) is 1. The summed E-state index contributed by atoms with van der Waals surface area (Å²) in [6.45, 7) is 8.61. The number of carbonyl (C=O) groups is 1. The van der Waals surface area contributed by atoms with E-state index in [2.05, 4.69) is 39.0 Å². The fourth-order valence-electron chi connectivity index (χ4n) is 4.86. The number of ether oxygens (including phenoxy) is 2. The molecule has 2 amide bonds. The maximum absolute atomic E-state index is 12.9. The molecule has 9 nitrogen and oxygen atoms in total. The Labute approximate surface area is 268 Å². The van der Waals surface area contributed by atoms with Gasteiger partial charge in [-0.1, -0.05) is 51.1 Å². The highest BCUT2D eigenvalue weighted by Crippen LogP contribution is 2.28. The third-order valence-corrected chi connectivity index (χ3v) is 8.24. The first-order valence-corrected chi connectivity index (χ1v) is 15.4. The number of benzene rings is 3. The molecule has 0 saturated heterocycles. The number of methoxy groups -OCH3 is 1. The van der Waals surface area contributed by atoms with Crippen molar-refractivity contribution in [3.8, 4) is 34.3 Å². The first kappa shape index (κ1) is 32.5. The molecule has 1 atom stereocenters. The molecule has 0 aliphatic carbocycles. The molecule has 0 saturated carbocycles. The highest BCUT2D eigenvalue weighted by Gasteiger charge is 2.31. The Morgan fingerprint density at radius 3 is 2.37 bits per heavy atom. The lowest BCUT2D eigenvalue weighted by Crippen LogP contribution is -2.28. The Kier molecular flexibility index (Phi) is 9.61. The van der Waals surface area contributed by atoms with Crippen LogP contribution in [0.2, 0.25) is 0 Å². The first-order valence-electron chi connectivity index (χ1n) is 14.5. The van der Waals surface area contributed by atoms with Crippen LogP contribution in [-0.4, -0.2) is 45.4 Å². The van der Waals surface area contributed by atoms with E-state index in [1.165, 1.54) is 46.6 Å². The van der Waals surface area contributed by atoms with E-state index in [4.69, 9.17) is 4.74 Å². The minimum Gasteiger partial charge on any atom is -0.497 e. The number of halogens is 3. The molecule has 0 aliphatic rings. The molecule has 5 rings (SSSR count). The highest BCUT2D eigenvalue weighted by molar-refractivity contribution is 7.07. The molecule has 2 heterocycles. The molecule has 0 bridgehead atoms. The van der Waals surface area contributed by atoms with Gasteiger partial charge in [-0.2, -0.15) is 4.99 Å². The Bertz CT molecular complexity index is 1880. The van der Waals surface area contributed by atoms with E-state index < -0.39 is 12.4 Å². The van der Waals surface area contributed by atoms with Gasteiger partial charge in [-0.3, -0.25) is 4.57 Å². The van der Waals surface area contributed by atoms with E-state index in [0.29, 0.717) is 22.9 Å². The average molecular weight is 651 g/mol.